The van der Waals surface area contributed by atoms with Crippen molar-refractivity contribution in [2.75, 3.05) is 12.8 Å². The fourth-order valence-corrected chi connectivity index (χ4v) is 1.57. The number of likely N-dealkylation sites (N-methyl/N-ethyl adjacent to an activating group) is 1. The number of nitrogens with one attached hydrogen (secondary N) is 1. The molecule has 0 aliphatic carbocycles. The molecule has 5 nitrogen and oxygen atoms in total. The van der Waals surface area contributed by atoms with Gasteiger partial charge in [0.15, 0.2) is 0 Å². The van der Waals surface area contributed by atoms with Crippen molar-refractivity contribution in [1.82, 2.24) is 10.4 Å². The second-order valence-electron chi connectivity index (χ2n) is 3.47. The zero-order valence-electron chi connectivity index (χ0n) is 8.23. The molecule has 0 aromatic heterocycles. The number of nitrogens with zero attached hydrogens (tertiary/aromatic N) is 1. The number of amides is 2. The van der Waals surface area contributed by atoms with Crippen LogP contribution in [0.1, 0.15) is 11.5 Å². The molecule has 1 heterocycles. The van der Waals surface area contributed by atoms with Gasteiger partial charge >= 0.3 is 0 Å². The van der Waals surface area contributed by atoms with Gasteiger partial charge in [-0.2, -0.15) is 0 Å². The third-order valence-corrected chi connectivity index (χ3v) is 2.39. The van der Waals surface area contributed by atoms with Gasteiger partial charge < -0.3 is 5.73 Å². The molecule has 2 amide bonds. The van der Waals surface area contributed by atoms with Gasteiger partial charge in [-0.1, -0.05) is 12.1 Å². The van der Waals surface area contributed by atoms with Crippen LogP contribution in [-0.4, -0.2) is 23.9 Å². The van der Waals surface area contributed by atoms with Crippen molar-refractivity contribution in [3.8, 4) is 0 Å². The van der Waals surface area contributed by atoms with Crippen molar-refractivity contribution in [3.05, 3.63) is 29.8 Å². The van der Waals surface area contributed by atoms with E-state index in [-0.39, 0.29) is 11.8 Å². The van der Waals surface area contributed by atoms with Gasteiger partial charge in [-0.3, -0.25) is 20.0 Å². The Hall–Kier alpha value is -2.04. The summed E-state index contributed by atoms with van der Waals surface area (Å²) in [4.78, 5) is 23.1. The fourth-order valence-electron chi connectivity index (χ4n) is 1.57. The Morgan fingerprint density at radius 3 is 2.33 bits per heavy atom. The second-order valence-corrected chi connectivity index (χ2v) is 3.47. The highest BCUT2D eigenvalue weighted by Crippen LogP contribution is 2.22. The molecule has 2 rings (SSSR count). The van der Waals surface area contributed by atoms with Gasteiger partial charge in [0.25, 0.3) is 11.8 Å². The van der Waals surface area contributed by atoms with Crippen molar-refractivity contribution < 1.29 is 9.59 Å². The first-order valence-electron chi connectivity index (χ1n) is 4.53. The fraction of sp³-hybridized carbons (Fsp3) is 0.200. The average Bonchev–Trinajstić information content (AvgIpc) is 2.44. The predicted molar refractivity (Wildman–Crippen MR) is 54.5 cm³/mol. The summed E-state index contributed by atoms with van der Waals surface area (Å²) in [5, 5.41) is 1.20. The molecule has 5 heteroatoms. The summed E-state index contributed by atoms with van der Waals surface area (Å²) in [7, 11) is 1.53. The number of anilines is 1. The van der Waals surface area contributed by atoms with Gasteiger partial charge in [0, 0.05) is 12.7 Å². The van der Waals surface area contributed by atoms with E-state index in [1.807, 2.05) is 0 Å². The lowest BCUT2D eigenvalue weighted by molar-refractivity contribution is -0.129. The number of hydrogen-bond donors (Lipinski definition) is 2. The van der Waals surface area contributed by atoms with Crippen LogP contribution in [0.2, 0.25) is 0 Å². The lowest BCUT2D eigenvalue weighted by Gasteiger charge is -2.07. The third-order valence-electron chi connectivity index (χ3n) is 2.39. The lowest BCUT2D eigenvalue weighted by atomic mass is 9.98. The SMILES string of the molecule is CN1NC(=O)C(c2ccc(N)cc2)C1=O. The van der Waals surface area contributed by atoms with Gasteiger partial charge in [-0.25, -0.2) is 0 Å². The third kappa shape index (κ3) is 1.52. The van der Waals surface area contributed by atoms with E-state index in [2.05, 4.69) is 5.43 Å². The number of nitrogen functional groups attached to an aromatic ring is 1. The summed E-state index contributed by atoms with van der Waals surface area (Å²) in [6, 6.07) is 6.73. The predicted octanol–water partition coefficient (Wildman–Crippen LogP) is -0.144. The summed E-state index contributed by atoms with van der Waals surface area (Å²) < 4.78 is 0. The Kier molecular flexibility index (Phi) is 2.07. The first kappa shape index (κ1) is 9.51. The van der Waals surface area contributed by atoms with Crippen LogP contribution in [0.25, 0.3) is 0 Å². The van der Waals surface area contributed by atoms with E-state index in [9.17, 15) is 9.59 Å². The molecule has 1 aromatic carbocycles. The lowest BCUT2D eigenvalue weighted by Crippen LogP contribution is -2.31. The van der Waals surface area contributed by atoms with E-state index >= 15 is 0 Å². The highest BCUT2D eigenvalue weighted by atomic mass is 16.2. The molecule has 1 aliphatic rings. The maximum atomic E-state index is 11.6. The van der Waals surface area contributed by atoms with Gasteiger partial charge in [-0.15, -0.1) is 0 Å². The largest absolute Gasteiger partial charge is 0.399 e. The van der Waals surface area contributed by atoms with Crippen LogP contribution in [0.4, 0.5) is 5.69 Å². The van der Waals surface area contributed by atoms with Gasteiger partial charge in [-0.05, 0) is 17.7 Å². The Labute approximate surface area is 86.8 Å². The van der Waals surface area contributed by atoms with Gasteiger partial charge in [0.1, 0.15) is 5.92 Å². The summed E-state index contributed by atoms with van der Waals surface area (Å²) >= 11 is 0. The molecule has 15 heavy (non-hydrogen) atoms. The smallest absolute Gasteiger partial charge is 0.257 e. The van der Waals surface area contributed by atoms with Crippen molar-refractivity contribution in [1.29, 1.82) is 0 Å². The molecule has 1 saturated heterocycles. The topological polar surface area (TPSA) is 75.4 Å². The highest BCUT2D eigenvalue weighted by molar-refractivity contribution is 6.10. The van der Waals surface area contributed by atoms with Crippen LogP contribution in [0.3, 0.4) is 0 Å². The molecule has 1 atom stereocenters. The number of rotatable bonds is 1. The molecule has 0 saturated carbocycles. The van der Waals surface area contributed by atoms with Crippen LogP contribution in [-0.2, 0) is 9.59 Å². The standard InChI is InChI=1S/C10H11N3O2/c1-13-10(15)8(9(14)12-13)6-2-4-7(11)5-3-6/h2-5,8H,11H2,1H3,(H,12,14). The first-order chi connectivity index (χ1) is 7.09. The quantitative estimate of drug-likeness (QED) is 0.494. The minimum absolute atomic E-state index is 0.246. The number of carbonyl (C=O) groups is 2. The first-order valence-corrected chi connectivity index (χ1v) is 4.53. The minimum Gasteiger partial charge on any atom is -0.399 e. The van der Waals surface area contributed by atoms with Crippen LogP contribution < -0.4 is 11.2 Å². The molecular formula is C10H11N3O2. The van der Waals surface area contributed by atoms with Crippen LogP contribution in [0, 0.1) is 0 Å². The van der Waals surface area contributed by atoms with E-state index in [1.54, 1.807) is 24.3 Å². The number of hydrogen-bond acceptors (Lipinski definition) is 3. The molecule has 1 aliphatic heterocycles. The summed E-state index contributed by atoms with van der Waals surface area (Å²) in [6.07, 6.45) is 0. The van der Waals surface area contributed by atoms with Crippen LogP contribution >= 0.6 is 0 Å². The molecule has 1 aromatic rings. The van der Waals surface area contributed by atoms with Crippen molar-refractivity contribution >= 4 is 17.5 Å². The molecule has 1 unspecified atom stereocenters. The molecule has 1 fully saturated rings. The van der Waals surface area contributed by atoms with Gasteiger partial charge in [0.05, 0.1) is 0 Å². The maximum Gasteiger partial charge on any atom is 0.257 e. The number of nitrogens with two attached hydrogens (primary N) is 1. The Morgan fingerprint density at radius 2 is 1.87 bits per heavy atom. The Morgan fingerprint density at radius 1 is 1.27 bits per heavy atom. The molecule has 0 spiro atoms. The number of hydrazine groups is 1. The van der Waals surface area contributed by atoms with E-state index < -0.39 is 5.92 Å². The van der Waals surface area contributed by atoms with Crippen molar-refractivity contribution in [2.45, 2.75) is 5.92 Å². The minimum atomic E-state index is -0.740. The molecule has 78 valence electrons. The molecule has 0 bridgehead atoms. The van der Waals surface area contributed by atoms with Crippen LogP contribution in [0.5, 0.6) is 0 Å². The summed E-state index contributed by atoms with van der Waals surface area (Å²) in [5.41, 5.74) is 9.24. The van der Waals surface area contributed by atoms with Crippen LogP contribution in [0.15, 0.2) is 24.3 Å². The van der Waals surface area contributed by atoms with E-state index in [4.69, 9.17) is 5.73 Å². The second kappa shape index (κ2) is 3.27. The van der Waals surface area contributed by atoms with Crippen molar-refractivity contribution in [2.24, 2.45) is 0 Å². The molecule has 3 N–H and O–H groups in total. The summed E-state index contributed by atoms with van der Waals surface area (Å²) in [6.45, 7) is 0. The average molecular weight is 205 g/mol. The number of carbonyl (C=O) groups excluding carboxylic acids is 2. The van der Waals surface area contributed by atoms with Crippen molar-refractivity contribution in [3.63, 3.8) is 0 Å². The molecular weight excluding hydrogens is 194 g/mol. The zero-order chi connectivity index (χ0) is 11.0. The maximum absolute atomic E-state index is 11.6. The summed E-state index contributed by atoms with van der Waals surface area (Å²) in [5.74, 6) is -1.28. The van der Waals surface area contributed by atoms with E-state index in [0.717, 1.165) is 0 Å². The van der Waals surface area contributed by atoms with E-state index in [1.165, 1.54) is 12.1 Å². The monoisotopic (exact) mass is 205 g/mol. The van der Waals surface area contributed by atoms with E-state index in [0.29, 0.717) is 11.3 Å². The molecule has 0 radical (unpaired) electrons. The highest BCUT2D eigenvalue weighted by Gasteiger charge is 2.38. The Balaban J connectivity index is 2.35. The van der Waals surface area contributed by atoms with Gasteiger partial charge in [0.2, 0.25) is 0 Å². The normalized spacial score (nSPS) is 20.6. The number of benzene rings is 1. The zero-order valence-corrected chi connectivity index (χ0v) is 8.23. The Bertz CT molecular complexity index is 413.